The minimum Gasteiger partial charge on any atom is -0.493 e. The van der Waals surface area contributed by atoms with Gasteiger partial charge >= 0.3 is 0 Å². The second-order valence-corrected chi connectivity index (χ2v) is 8.52. The first-order chi connectivity index (χ1) is 16.1. The average Bonchev–Trinajstić information content (AvgIpc) is 3.26. The number of nitrogens with zero attached hydrogens (tertiary/aromatic N) is 3. The van der Waals surface area contributed by atoms with E-state index in [-0.39, 0.29) is 18.3 Å². The SMILES string of the molecule is CCN(CC)CCN(C(=O)c1ccc(OC)c(OC)c1)c1nc2cc3c(cc2s1)OCCO3.Cl. The maximum atomic E-state index is 13.7. The van der Waals surface area contributed by atoms with Crippen molar-refractivity contribution in [2.24, 2.45) is 0 Å². The number of hydrogen-bond acceptors (Lipinski definition) is 8. The van der Waals surface area contributed by atoms with E-state index in [0.717, 1.165) is 29.9 Å². The first kappa shape index (κ1) is 25.9. The van der Waals surface area contributed by atoms with Crippen LogP contribution < -0.4 is 23.8 Å². The van der Waals surface area contributed by atoms with Crippen molar-refractivity contribution in [1.82, 2.24) is 9.88 Å². The summed E-state index contributed by atoms with van der Waals surface area (Å²) in [4.78, 5) is 22.5. The maximum absolute atomic E-state index is 13.7. The van der Waals surface area contributed by atoms with Crippen molar-refractivity contribution >= 4 is 45.0 Å². The van der Waals surface area contributed by atoms with E-state index in [4.69, 9.17) is 23.9 Å². The van der Waals surface area contributed by atoms with Gasteiger partial charge in [0.05, 0.1) is 24.4 Å². The van der Waals surface area contributed by atoms with Crippen molar-refractivity contribution in [2.75, 3.05) is 58.5 Å². The van der Waals surface area contributed by atoms with Gasteiger partial charge in [-0.3, -0.25) is 9.69 Å². The Kier molecular flexibility index (Phi) is 8.82. The molecule has 184 valence electrons. The van der Waals surface area contributed by atoms with Crippen LogP contribution in [0.15, 0.2) is 30.3 Å². The van der Waals surface area contributed by atoms with Gasteiger partial charge in [-0.25, -0.2) is 4.98 Å². The molecule has 34 heavy (non-hydrogen) atoms. The summed E-state index contributed by atoms with van der Waals surface area (Å²) in [6.07, 6.45) is 0. The predicted molar refractivity (Wildman–Crippen MR) is 137 cm³/mol. The van der Waals surface area contributed by atoms with Crippen LogP contribution in [0.25, 0.3) is 10.2 Å². The van der Waals surface area contributed by atoms with E-state index in [0.29, 0.717) is 53.5 Å². The third-order valence-corrected chi connectivity index (χ3v) is 6.72. The van der Waals surface area contributed by atoms with Crippen molar-refractivity contribution in [3.63, 3.8) is 0 Å². The molecule has 4 rings (SSSR count). The summed E-state index contributed by atoms with van der Waals surface area (Å²) in [5, 5.41) is 0.638. The first-order valence-electron chi connectivity index (χ1n) is 11.0. The van der Waals surface area contributed by atoms with Crippen LogP contribution >= 0.6 is 23.7 Å². The number of halogens is 1. The third-order valence-electron chi connectivity index (χ3n) is 5.68. The van der Waals surface area contributed by atoms with Crippen LogP contribution in [0.1, 0.15) is 24.2 Å². The molecule has 10 heteroatoms. The van der Waals surface area contributed by atoms with Crippen molar-refractivity contribution in [3.8, 4) is 23.0 Å². The zero-order valence-electron chi connectivity index (χ0n) is 19.8. The van der Waals surface area contributed by atoms with Gasteiger partial charge in [0.1, 0.15) is 13.2 Å². The minimum absolute atomic E-state index is 0. The zero-order valence-corrected chi connectivity index (χ0v) is 21.5. The minimum atomic E-state index is -0.139. The molecule has 0 N–H and O–H groups in total. The van der Waals surface area contributed by atoms with Crippen LogP contribution in [0.4, 0.5) is 5.13 Å². The number of ether oxygens (including phenoxy) is 4. The molecule has 0 aliphatic carbocycles. The molecule has 0 fully saturated rings. The Morgan fingerprint density at radius 1 is 1.00 bits per heavy atom. The van der Waals surface area contributed by atoms with Gasteiger partial charge in [0.25, 0.3) is 5.91 Å². The summed E-state index contributed by atoms with van der Waals surface area (Å²) in [5.41, 5.74) is 1.30. The van der Waals surface area contributed by atoms with Crippen LogP contribution in [-0.4, -0.2) is 69.4 Å². The molecule has 2 aromatic carbocycles. The predicted octanol–water partition coefficient (Wildman–Crippen LogP) is 4.50. The Morgan fingerprint density at radius 3 is 2.32 bits per heavy atom. The molecule has 0 atom stereocenters. The van der Waals surface area contributed by atoms with E-state index in [1.54, 1.807) is 37.3 Å². The van der Waals surface area contributed by atoms with Crippen molar-refractivity contribution < 1.29 is 23.7 Å². The van der Waals surface area contributed by atoms with Gasteiger partial charge in [-0.05, 0) is 31.3 Å². The number of carbonyl (C=O) groups excluding carboxylic acids is 1. The van der Waals surface area contributed by atoms with Crippen LogP contribution in [-0.2, 0) is 0 Å². The summed E-state index contributed by atoms with van der Waals surface area (Å²) >= 11 is 1.47. The number of hydrogen-bond donors (Lipinski definition) is 0. The number of thiazole rings is 1. The molecule has 1 aromatic heterocycles. The fourth-order valence-corrected chi connectivity index (χ4v) is 4.76. The number of rotatable bonds is 9. The largest absolute Gasteiger partial charge is 0.493 e. The lowest BCUT2D eigenvalue weighted by atomic mass is 10.1. The van der Waals surface area contributed by atoms with Crippen LogP contribution in [0.2, 0.25) is 0 Å². The number of fused-ring (bicyclic) bond motifs is 2. The molecular formula is C24H30ClN3O5S. The summed E-state index contributed by atoms with van der Waals surface area (Å²) in [6, 6.07) is 9.03. The molecule has 1 aliphatic rings. The van der Waals surface area contributed by atoms with Gasteiger partial charge < -0.3 is 23.8 Å². The van der Waals surface area contributed by atoms with Crippen molar-refractivity contribution in [3.05, 3.63) is 35.9 Å². The Bertz CT molecular complexity index is 1090. The lowest BCUT2D eigenvalue weighted by Crippen LogP contribution is -2.38. The fourth-order valence-electron chi connectivity index (χ4n) is 3.76. The number of anilines is 1. The number of likely N-dealkylation sites (N-methyl/N-ethyl adjacent to an activating group) is 1. The van der Waals surface area contributed by atoms with E-state index in [9.17, 15) is 4.79 Å². The van der Waals surface area contributed by atoms with Gasteiger partial charge in [0.15, 0.2) is 28.1 Å². The molecule has 0 saturated heterocycles. The van der Waals surface area contributed by atoms with E-state index < -0.39 is 0 Å². The van der Waals surface area contributed by atoms with Gasteiger partial charge in [0.2, 0.25) is 0 Å². The van der Waals surface area contributed by atoms with Crippen molar-refractivity contribution in [1.29, 1.82) is 0 Å². The number of methoxy groups -OCH3 is 2. The van der Waals surface area contributed by atoms with Crippen molar-refractivity contribution in [2.45, 2.75) is 13.8 Å². The van der Waals surface area contributed by atoms with Gasteiger partial charge in [-0.2, -0.15) is 0 Å². The quantitative estimate of drug-likeness (QED) is 0.422. The van der Waals surface area contributed by atoms with Crippen LogP contribution in [0.3, 0.4) is 0 Å². The second-order valence-electron chi connectivity index (χ2n) is 7.51. The number of amides is 1. The highest BCUT2D eigenvalue weighted by atomic mass is 35.5. The lowest BCUT2D eigenvalue weighted by Gasteiger charge is -2.25. The van der Waals surface area contributed by atoms with Gasteiger partial charge in [0, 0.05) is 30.8 Å². The van der Waals surface area contributed by atoms with Crippen LogP contribution in [0.5, 0.6) is 23.0 Å². The van der Waals surface area contributed by atoms with E-state index in [1.807, 2.05) is 12.1 Å². The number of aromatic nitrogens is 1. The van der Waals surface area contributed by atoms with Gasteiger partial charge in [-0.15, -0.1) is 12.4 Å². The first-order valence-corrected chi connectivity index (χ1v) is 11.9. The number of benzene rings is 2. The Morgan fingerprint density at radius 2 is 1.68 bits per heavy atom. The Labute approximate surface area is 209 Å². The van der Waals surface area contributed by atoms with Gasteiger partial charge in [-0.1, -0.05) is 25.2 Å². The zero-order chi connectivity index (χ0) is 23.4. The number of carbonyl (C=O) groups is 1. The third kappa shape index (κ3) is 5.32. The molecule has 2 heterocycles. The Hall–Kier alpha value is -2.75. The highest BCUT2D eigenvalue weighted by molar-refractivity contribution is 7.22. The summed E-state index contributed by atoms with van der Waals surface area (Å²) in [5.74, 6) is 2.35. The molecule has 1 aliphatic heterocycles. The highest BCUT2D eigenvalue weighted by Crippen LogP contribution is 2.39. The molecule has 0 spiro atoms. The van der Waals surface area contributed by atoms with Crippen LogP contribution in [0, 0.1) is 0 Å². The maximum Gasteiger partial charge on any atom is 0.260 e. The fraction of sp³-hybridized carbons (Fsp3) is 0.417. The molecule has 3 aromatic rings. The molecule has 0 unspecified atom stereocenters. The molecule has 0 saturated carbocycles. The molecular weight excluding hydrogens is 478 g/mol. The molecule has 0 radical (unpaired) electrons. The van der Waals surface area contributed by atoms with E-state index in [2.05, 4.69) is 18.7 Å². The molecule has 8 nitrogen and oxygen atoms in total. The topological polar surface area (TPSA) is 73.4 Å². The average molecular weight is 508 g/mol. The normalized spacial score (nSPS) is 12.4. The van der Waals surface area contributed by atoms with E-state index >= 15 is 0 Å². The smallest absolute Gasteiger partial charge is 0.260 e. The molecule has 0 bridgehead atoms. The standard InChI is InChI=1S/C24H29N3O5S.ClH/c1-5-26(6-2)9-10-27(23(28)16-7-8-18(29-3)19(13-16)30-4)24-25-17-14-20-21(15-22(17)33-24)32-12-11-31-20;/h7-8,13-15H,5-6,9-12H2,1-4H3;1H. The Balaban J connectivity index is 0.00000324. The summed E-state index contributed by atoms with van der Waals surface area (Å²) in [7, 11) is 3.13. The lowest BCUT2D eigenvalue weighted by molar-refractivity contribution is 0.0983. The second kappa shape index (κ2) is 11.6. The van der Waals surface area contributed by atoms with E-state index in [1.165, 1.54) is 11.3 Å². The highest BCUT2D eigenvalue weighted by Gasteiger charge is 2.24. The summed E-state index contributed by atoms with van der Waals surface area (Å²) < 4.78 is 23.1. The molecule has 1 amide bonds. The monoisotopic (exact) mass is 507 g/mol. The summed E-state index contributed by atoms with van der Waals surface area (Å²) in [6.45, 7) is 8.36.